The molecular formula is C19H22N2O3. The first-order valence-corrected chi connectivity index (χ1v) is 7.54. The first-order valence-electron chi connectivity index (χ1n) is 7.54. The molecule has 1 aromatic rings. The molecule has 0 atom stereocenters. The molecule has 0 saturated heterocycles. The van der Waals surface area contributed by atoms with E-state index in [0.29, 0.717) is 6.54 Å². The maximum atomic E-state index is 11.8. The van der Waals surface area contributed by atoms with E-state index in [1.807, 2.05) is 36.2 Å². The number of nitriles is 1. The van der Waals surface area contributed by atoms with Crippen molar-refractivity contribution in [1.29, 1.82) is 5.26 Å². The highest BCUT2D eigenvalue weighted by molar-refractivity contribution is 5.93. The molecule has 1 rings (SSSR count). The number of rotatable bonds is 4. The number of benzene rings is 1. The van der Waals surface area contributed by atoms with Gasteiger partial charge in [-0.2, -0.15) is 5.26 Å². The number of nitrogens with zero attached hydrogens (tertiary/aromatic N) is 2. The average molecular weight is 326 g/mol. The van der Waals surface area contributed by atoms with Gasteiger partial charge in [-0.25, -0.2) is 4.79 Å². The van der Waals surface area contributed by atoms with Crippen molar-refractivity contribution in [3.8, 4) is 17.9 Å². The van der Waals surface area contributed by atoms with Crippen LogP contribution in [-0.4, -0.2) is 36.9 Å². The molecule has 5 heteroatoms. The molecule has 126 valence electrons. The highest BCUT2D eigenvalue weighted by Gasteiger charge is 2.19. The van der Waals surface area contributed by atoms with Crippen molar-refractivity contribution >= 4 is 11.7 Å². The van der Waals surface area contributed by atoms with Crippen molar-refractivity contribution in [2.75, 3.05) is 25.1 Å². The summed E-state index contributed by atoms with van der Waals surface area (Å²) in [5.74, 6) is 4.90. The van der Waals surface area contributed by atoms with Gasteiger partial charge in [0.2, 0.25) is 0 Å². The van der Waals surface area contributed by atoms with E-state index < -0.39 is 11.6 Å². The lowest BCUT2D eigenvalue weighted by atomic mass is 10.1. The van der Waals surface area contributed by atoms with E-state index in [1.54, 1.807) is 26.8 Å². The summed E-state index contributed by atoms with van der Waals surface area (Å²) >= 11 is 0. The second-order valence-electron chi connectivity index (χ2n) is 6.13. The van der Waals surface area contributed by atoms with Gasteiger partial charge in [0.05, 0.1) is 6.61 Å². The molecule has 0 aliphatic heterocycles. The number of ether oxygens (including phenoxy) is 1. The number of aliphatic hydroxyl groups is 1. The summed E-state index contributed by atoms with van der Waals surface area (Å²) < 4.78 is 5.14. The van der Waals surface area contributed by atoms with Crippen molar-refractivity contribution in [3.05, 3.63) is 41.5 Å². The second-order valence-corrected chi connectivity index (χ2v) is 6.13. The molecule has 0 spiro atoms. The van der Waals surface area contributed by atoms with E-state index in [9.17, 15) is 4.79 Å². The predicted molar refractivity (Wildman–Crippen MR) is 93.2 cm³/mol. The molecule has 0 aliphatic carbocycles. The Bertz CT molecular complexity index is 695. The molecule has 1 aromatic carbocycles. The predicted octanol–water partition coefficient (Wildman–Crippen LogP) is 2.26. The van der Waals surface area contributed by atoms with Gasteiger partial charge >= 0.3 is 5.97 Å². The van der Waals surface area contributed by atoms with Crippen LogP contribution in [0.4, 0.5) is 5.69 Å². The van der Waals surface area contributed by atoms with Crippen LogP contribution in [0.2, 0.25) is 0 Å². The quantitative estimate of drug-likeness (QED) is 0.398. The third-order valence-corrected chi connectivity index (χ3v) is 2.92. The van der Waals surface area contributed by atoms with Gasteiger partial charge in [-0.05, 0) is 45.0 Å². The Kier molecular flexibility index (Phi) is 7.04. The van der Waals surface area contributed by atoms with Crippen LogP contribution in [0.3, 0.4) is 0 Å². The standard InChI is InChI=1S/C19H22N2O3/c1-19(2,3)24-18(23)16(14-20)7-5-6-15-8-10-17(11-9-15)21(4)12-13-22/h7-11,22H,12-13H2,1-4H3/b16-7+. The molecule has 0 amide bonds. The van der Waals surface area contributed by atoms with Crippen LogP contribution in [0.5, 0.6) is 0 Å². The molecular weight excluding hydrogens is 304 g/mol. The van der Waals surface area contributed by atoms with Gasteiger partial charge in [0.25, 0.3) is 0 Å². The van der Waals surface area contributed by atoms with Crippen molar-refractivity contribution in [3.63, 3.8) is 0 Å². The third-order valence-electron chi connectivity index (χ3n) is 2.92. The summed E-state index contributed by atoms with van der Waals surface area (Å²) in [6.45, 7) is 5.85. The Morgan fingerprint density at radius 1 is 1.33 bits per heavy atom. The summed E-state index contributed by atoms with van der Waals surface area (Å²) in [5, 5.41) is 18.0. The Morgan fingerprint density at radius 3 is 2.46 bits per heavy atom. The van der Waals surface area contributed by atoms with E-state index in [1.165, 1.54) is 6.08 Å². The highest BCUT2D eigenvalue weighted by Crippen LogP contribution is 2.13. The van der Waals surface area contributed by atoms with Crippen LogP contribution in [0.15, 0.2) is 35.9 Å². The van der Waals surface area contributed by atoms with Gasteiger partial charge in [-0.3, -0.25) is 0 Å². The van der Waals surface area contributed by atoms with Gasteiger partial charge in [-0.15, -0.1) is 0 Å². The smallest absolute Gasteiger partial charge is 0.350 e. The minimum atomic E-state index is -0.680. The van der Waals surface area contributed by atoms with Gasteiger partial charge in [0.1, 0.15) is 17.2 Å². The first kappa shape index (κ1) is 19.3. The second kappa shape index (κ2) is 8.76. The van der Waals surface area contributed by atoms with E-state index in [0.717, 1.165) is 11.3 Å². The Balaban J connectivity index is 2.83. The number of carbonyl (C=O) groups is 1. The van der Waals surface area contributed by atoms with E-state index in [-0.39, 0.29) is 12.2 Å². The number of esters is 1. The molecule has 0 aliphatic rings. The highest BCUT2D eigenvalue weighted by atomic mass is 16.6. The summed E-state index contributed by atoms with van der Waals surface area (Å²) in [6.07, 6.45) is 1.26. The van der Waals surface area contributed by atoms with Crippen LogP contribution in [0, 0.1) is 23.2 Å². The zero-order valence-electron chi connectivity index (χ0n) is 14.5. The van der Waals surface area contributed by atoms with Crippen LogP contribution < -0.4 is 4.90 Å². The van der Waals surface area contributed by atoms with Crippen LogP contribution in [0.25, 0.3) is 0 Å². The van der Waals surface area contributed by atoms with Gasteiger partial charge < -0.3 is 14.7 Å². The number of hydrogen-bond donors (Lipinski definition) is 1. The van der Waals surface area contributed by atoms with E-state index in [4.69, 9.17) is 15.1 Å². The minimum Gasteiger partial charge on any atom is -0.456 e. The fraction of sp³-hybridized carbons (Fsp3) is 0.368. The summed E-state index contributed by atoms with van der Waals surface area (Å²) in [7, 11) is 1.89. The molecule has 0 saturated carbocycles. The maximum Gasteiger partial charge on any atom is 0.350 e. The number of allylic oxidation sites excluding steroid dienone is 1. The summed E-state index contributed by atoms with van der Waals surface area (Å²) in [5.41, 5.74) is 0.943. The Hall–Kier alpha value is -2.76. The third kappa shape index (κ3) is 6.56. The van der Waals surface area contributed by atoms with Crippen LogP contribution in [-0.2, 0) is 9.53 Å². The monoisotopic (exact) mass is 326 g/mol. The number of anilines is 1. The molecule has 0 fully saturated rings. The molecule has 0 aromatic heterocycles. The van der Waals surface area contributed by atoms with Crippen molar-refractivity contribution in [2.45, 2.75) is 26.4 Å². The lowest BCUT2D eigenvalue weighted by Crippen LogP contribution is -2.24. The number of hydrogen-bond acceptors (Lipinski definition) is 5. The minimum absolute atomic E-state index is 0.0878. The largest absolute Gasteiger partial charge is 0.456 e. The maximum absolute atomic E-state index is 11.8. The first-order chi connectivity index (χ1) is 11.3. The normalized spacial score (nSPS) is 11.1. The number of likely N-dealkylation sites (N-methyl/N-ethyl adjacent to an activating group) is 1. The zero-order valence-corrected chi connectivity index (χ0v) is 14.5. The molecule has 1 N–H and O–H groups in total. The van der Waals surface area contributed by atoms with E-state index >= 15 is 0 Å². The molecule has 24 heavy (non-hydrogen) atoms. The topological polar surface area (TPSA) is 73.6 Å². The molecule has 0 heterocycles. The fourth-order valence-electron chi connectivity index (χ4n) is 1.74. The number of aliphatic hydroxyl groups excluding tert-OH is 1. The van der Waals surface area contributed by atoms with Crippen molar-refractivity contribution in [1.82, 2.24) is 0 Å². The van der Waals surface area contributed by atoms with Gasteiger partial charge in [0.15, 0.2) is 0 Å². The molecule has 0 radical (unpaired) electrons. The van der Waals surface area contributed by atoms with Gasteiger partial charge in [0, 0.05) is 30.9 Å². The van der Waals surface area contributed by atoms with Gasteiger partial charge in [-0.1, -0.05) is 11.8 Å². The zero-order chi connectivity index (χ0) is 18.2. The molecule has 5 nitrogen and oxygen atoms in total. The Labute approximate surface area is 143 Å². The SMILES string of the molecule is CN(CCO)c1ccc(C#C/C=C(\C#N)C(=O)OC(C)(C)C)cc1. The van der Waals surface area contributed by atoms with Crippen molar-refractivity contribution in [2.24, 2.45) is 0 Å². The Morgan fingerprint density at radius 2 is 1.96 bits per heavy atom. The van der Waals surface area contributed by atoms with Crippen molar-refractivity contribution < 1.29 is 14.6 Å². The molecule has 0 bridgehead atoms. The summed E-state index contributed by atoms with van der Waals surface area (Å²) in [6, 6.07) is 9.26. The number of carbonyl (C=O) groups excluding carboxylic acids is 1. The van der Waals surface area contributed by atoms with Crippen LogP contribution >= 0.6 is 0 Å². The van der Waals surface area contributed by atoms with E-state index in [2.05, 4.69) is 11.8 Å². The lowest BCUT2D eigenvalue weighted by molar-refractivity contribution is -0.149. The summed E-state index contributed by atoms with van der Waals surface area (Å²) in [4.78, 5) is 13.7. The molecule has 0 unspecified atom stereocenters. The fourth-order valence-corrected chi connectivity index (χ4v) is 1.74. The average Bonchev–Trinajstić information content (AvgIpc) is 2.50. The lowest BCUT2D eigenvalue weighted by Gasteiger charge is -2.18. The van der Waals surface area contributed by atoms with Crippen LogP contribution in [0.1, 0.15) is 26.3 Å².